The number of amides is 2. The Kier molecular flexibility index (Phi) is 5.13. The van der Waals surface area contributed by atoms with Crippen LogP contribution >= 0.6 is 11.6 Å². The minimum absolute atomic E-state index is 0.0327. The SMILES string of the molecule is COc1cccc(N2C(=O)CN(C(=O)c3c(F)cccc3Cl)C[C@@H]2C)c1. The lowest BCUT2D eigenvalue weighted by Gasteiger charge is -2.39. The van der Waals surface area contributed by atoms with Gasteiger partial charge >= 0.3 is 0 Å². The molecule has 0 unspecified atom stereocenters. The summed E-state index contributed by atoms with van der Waals surface area (Å²) in [4.78, 5) is 28.3. The van der Waals surface area contributed by atoms with Crippen molar-refractivity contribution in [3.05, 3.63) is 58.9 Å². The molecule has 0 aliphatic carbocycles. The number of piperazine rings is 1. The van der Waals surface area contributed by atoms with E-state index < -0.39 is 11.7 Å². The topological polar surface area (TPSA) is 49.9 Å². The predicted molar refractivity (Wildman–Crippen MR) is 97.3 cm³/mol. The number of hydrogen-bond acceptors (Lipinski definition) is 3. The molecule has 2 aromatic carbocycles. The highest BCUT2D eigenvalue weighted by atomic mass is 35.5. The van der Waals surface area contributed by atoms with E-state index in [2.05, 4.69) is 0 Å². The summed E-state index contributed by atoms with van der Waals surface area (Å²) in [6.07, 6.45) is 0. The van der Waals surface area contributed by atoms with E-state index in [4.69, 9.17) is 16.3 Å². The molecular formula is C19H18ClFN2O3. The van der Waals surface area contributed by atoms with Gasteiger partial charge in [0.2, 0.25) is 5.91 Å². The molecule has 0 N–H and O–H groups in total. The van der Waals surface area contributed by atoms with Crippen molar-refractivity contribution in [1.29, 1.82) is 0 Å². The van der Waals surface area contributed by atoms with Crippen molar-refractivity contribution in [2.75, 3.05) is 25.1 Å². The van der Waals surface area contributed by atoms with Crippen molar-refractivity contribution in [1.82, 2.24) is 4.90 Å². The highest BCUT2D eigenvalue weighted by Gasteiger charge is 2.35. The van der Waals surface area contributed by atoms with Gasteiger partial charge in [-0.25, -0.2) is 4.39 Å². The van der Waals surface area contributed by atoms with E-state index in [1.54, 1.807) is 30.2 Å². The summed E-state index contributed by atoms with van der Waals surface area (Å²) in [6, 6.07) is 10.9. The third kappa shape index (κ3) is 3.37. The Hall–Kier alpha value is -2.60. The Morgan fingerprint density at radius 1 is 1.27 bits per heavy atom. The van der Waals surface area contributed by atoms with Crippen molar-refractivity contribution >= 4 is 29.1 Å². The largest absolute Gasteiger partial charge is 0.497 e. The zero-order valence-corrected chi connectivity index (χ0v) is 15.2. The minimum Gasteiger partial charge on any atom is -0.497 e. The fraction of sp³-hybridized carbons (Fsp3) is 0.263. The summed E-state index contributed by atoms with van der Waals surface area (Å²) in [6.45, 7) is 1.96. The molecule has 1 aliphatic heterocycles. The van der Waals surface area contributed by atoms with Crippen LogP contribution in [0.1, 0.15) is 17.3 Å². The van der Waals surface area contributed by atoms with Crippen LogP contribution in [0.3, 0.4) is 0 Å². The molecule has 2 aromatic rings. The van der Waals surface area contributed by atoms with Gasteiger partial charge in [0, 0.05) is 18.3 Å². The molecule has 26 heavy (non-hydrogen) atoms. The van der Waals surface area contributed by atoms with Crippen LogP contribution in [0.15, 0.2) is 42.5 Å². The first kappa shape index (κ1) is 18.2. The average Bonchev–Trinajstić information content (AvgIpc) is 2.61. The Morgan fingerprint density at radius 2 is 2.00 bits per heavy atom. The van der Waals surface area contributed by atoms with Gasteiger partial charge < -0.3 is 14.5 Å². The van der Waals surface area contributed by atoms with Crippen LogP contribution in [0.2, 0.25) is 5.02 Å². The van der Waals surface area contributed by atoms with Crippen LogP contribution in [-0.4, -0.2) is 43.0 Å². The number of carbonyl (C=O) groups is 2. The van der Waals surface area contributed by atoms with Crippen molar-refractivity contribution in [2.24, 2.45) is 0 Å². The first-order chi connectivity index (χ1) is 12.4. The van der Waals surface area contributed by atoms with Gasteiger partial charge in [0.25, 0.3) is 5.91 Å². The molecule has 0 bridgehead atoms. The summed E-state index contributed by atoms with van der Waals surface area (Å²) in [5.41, 5.74) is 0.488. The van der Waals surface area contributed by atoms with Crippen LogP contribution < -0.4 is 9.64 Å². The number of nitrogens with zero attached hydrogens (tertiary/aromatic N) is 2. The van der Waals surface area contributed by atoms with E-state index in [0.717, 1.165) is 0 Å². The summed E-state index contributed by atoms with van der Waals surface area (Å²) >= 11 is 5.98. The molecule has 1 fully saturated rings. The molecule has 2 amide bonds. The average molecular weight is 377 g/mol. The predicted octanol–water partition coefficient (Wildman–Crippen LogP) is 3.37. The fourth-order valence-electron chi connectivity index (χ4n) is 3.12. The number of carbonyl (C=O) groups excluding carboxylic acids is 2. The lowest BCUT2D eigenvalue weighted by atomic mass is 10.1. The molecule has 3 rings (SSSR count). The molecule has 0 aromatic heterocycles. The van der Waals surface area contributed by atoms with E-state index in [1.807, 2.05) is 13.0 Å². The second-order valence-corrected chi connectivity index (χ2v) is 6.50. The van der Waals surface area contributed by atoms with E-state index in [1.165, 1.54) is 23.1 Å². The van der Waals surface area contributed by atoms with Crippen molar-refractivity contribution < 1.29 is 18.7 Å². The van der Waals surface area contributed by atoms with Gasteiger partial charge in [0.1, 0.15) is 18.1 Å². The van der Waals surface area contributed by atoms with E-state index in [-0.39, 0.29) is 35.6 Å². The van der Waals surface area contributed by atoms with Gasteiger partial charge in [-0.05, 0) is 31.2 Å². The van der Waals surface area contributed by atoms with Crippen molar-refractivity contribution in [2.45, 2.75) is 13.0 Å². The Morgan fingerprint density at radius 3 is 2.65 bits per heavy atom. The van der Waals surface area contributed by atoms with Crippen LogP contribution in [0.4, 0.5) is 10.1 Å². The maximum absolute atomic E-state index is 14.0. The maximum atomic E-state index is 14.0. The number of ether oxygens (including phenoxy) is 1. The van der Waals surface area contributed by atoms with Crippen LogP contribution in [-0.2, 0) is 4.79 Å². The third-order valence-corrected chi connectivity index (χ3v) is 4.63. The first-order valence-corrected chi connectivity index (χ1v) is 8.49. The molecular weight excluding hydrogens is 359 g/mol. The Balaban J connectivity index is 1.84. The molecule has 0 spiro atoms. The quantitative estimate of drug-likeness (QED) is 0.825. The third-order valence-electron chi connectivity index (χ3n) is 4.32. The second kappa shape index (κ2) is 7.33. The first-order valence-electron chi connectivity index (χ1n) is 8.11. The zero-order valence-electron chi connectivity index (χ0n) is 14.4. The molecule has 0 saturated carbocycles. The molecule has 1 aliphatic rings. The van der Waals surface area contributed by atoms with Crippen LogP contribution in [0.5, 0.6) is 5.75 Å². The van der Waals surface area contributed by atoms with Gasteiger partial charge in [-0.15, -0.1) is 0 Å². The van der Waals surface area contributed by atoms with Gasteiger partial charge in [0.05, 0.1) is 23.7 Å². The van der Waals surface area contributed by atoms with Gasteiger partial charge in [0.15, 0.2) is 0 Å². The van der Waals surface area contributed by atoms with Gasteiger partial charge in [-0.3, -0.25) is 9.59 Å². The maximum Gasteiger partial charge on any atom is 0.258 e. The van der Waals surface area contributed by atoms with E-state index >= 15 is 0 Å². The zero-order chi connectivity index (χ0) is 18.8. The summed E-state index contributed by atoms with van der Waals surface area (Å²) in [5.74, 6) is -0.895. The number of rotatable bonds is 3. The summed E-state index contributed by atoms with van der Waals surface area (Å²) in [5, 5.41) is 0.0327. The molecule has 1 atom stereocenters. The lowest BCUT2D eigenvalue weighted by molar-refractivity contribution is -0.121. The number of anilines is 1. The molecule has 0 radical (unpaired) electrons. The number of methoxy groups -OCH3 is 1. The monoisotopic (exact) mass is 376 g/mol. The smallest absolute Gasteiger partial charge is 0.258 e. The highest BCUT2D eigenvalue weighted by Crippen LogP contribution is 2.27. The molecule has 5 nitrogen and oxygen atoms in total. The normalized spacial score (nSPS) is 17.4. The van der Waals surface area contributed by atoms with Gasteiger partial charge in [-0.1, -0.05) is 23.7 Å². The van der Waals surface area contributed by atoms with Crippen LogP contribution in [0.25, 0.3) is 0 Å². The number of hydrogen-bond donors (Lipinski definition) is 0. The lowest BCUT2D eigenvalue weighted by Crippen LogP contribution is -2.57. The Bertz CT molecular complexity index is 838. The fourth-order valence-corrected chi connectivity index (χ4v) is 3.37. The number of benzene rings is 2. The summed E-state index contributed by atoms with van der Waals surface area (Å²) in [7, 11) is 1.55. The molecule has 1 saturated heterocycles. The summed E-state index contributed by atoms with van der Waals surface area (Å²) < 4.78 is 19.2. The molecule has 1 heterocycles. The van der Waals surface area contributed by atoms with Crippen molar-refractivity contribution in [3.8, 4) is 5.75 Å². The molecule has 7 heteroatoms. The highest BCUT2D eigenvalue weighted by molar-refractivity contribution is 6.33. The van der Waals surface area contributed by atoms with Crippen LogP contribution in [0, 0.1) is 5.82 Å². The van der Waals surface area contributed by atoms with Gasteiger partial charge in [-0.2, -0.15) is 0 Å². The Labute approximate surface area is 155 Å². The molecule has 136 valence electrons. The second-order valence-electron chi connectivity index (χ2n) is 6.10. The van der Waals surface area contributed by atoms with Crippen molar-refractivity contribution in [3.63, 3.8) is 0 Å². The standard InChI is InChI=1S/C19H18ClFN2O3/c1-12-10-22(19(25)18-15(20)7-4-8-16(18)21)11-17(24)23(12)13-5-3-6-14(9-13)26-2/h3-9,12H,10-11H2,1-2H3/t12-/m0/s1. The number of halogens is 2. The van der Waals surface area contributed by atoms with E-state index in [9.17, 15) is 14.0 Å². The minimum atomic E-state index is -0.696. The van der Waals surface area contributed by atoms with E-state index in [0.29, 0.717) is 11.4 Å².